The molecule has 12 heteroatoms. The third kappa shape index (κ3) is 4.58. The maximum absolute atomic E-state index is 11.8. The van der Waals surface area contributed by atoms with Gasteiger partial charge in [-0.1, -0.05) is 12.7 Å². The van der Waals surface area contributed by atoms with E-state index in [9.17, 15) is 19.2 Å². The van der Waals surface area contributed by atoms with Crippen molar-refractivity contribution in [2.75, 3.05) is 67.2 Å². The number of anilines is 2. The average molecular weight is 399 g/mol. The molecule has 11 nitrogen and oxygen atoms in total. The van der Waals surface area contributed by atoms with Gasteiger partial charge in [-0.15, -0.1) is 0 Å². The van der Waals surface area contributed by atoms with Crippen molar-refractivity contribution in [2.45, 2.75) is 0 Å². The van der Waals surface area contributed by atoms with Crippen LogP contribution in [0.15, 0.2) is 12.7 Å². The number of nitro groups is 1. The first-order valence-corrected chi connectivity index (χ1v) is 10.5. The summed E-state index contributed by atoms with van der Waals surface area (Å²) >= 11 is 0. The summed E-state index contributed by atoms with van der Waals surface area (Å²) in [5, 5.41) is 15.0. The van der Waals surface area contributed by atoms with Gasteiger partial charge in [0.1, 0.15) is 6.61 Å². The molecule has 2 saturated heterocycles. The van der Waals surface area contributed by atoms with Gasteiger partial charge in [0.2, 0.25) is 11.8 Å². The van der Waals surface area contributed by atoms with Crippen LogP contribution in [0.3, 0.4) is 0 Å². The Morgan fingerprint density at radius 1 is 1.26 bits per heavy atom. The Kier molecular flexibility index (Phi) is 5.99. The number of hydrogen-bond acceptors (Lipinski definition) is 10. The quantitative estimate of drug-likeness (QED) is 0.396. The molecule has 0 aliphatic carbocycles. The van der Waals surface area contributed by atoms with Gasteiger partial charge in [0.25, 0.3) is 0 Å². The number of hydrogen-bond donors (Lipinski definition) is 2. The second-order valence-electron chi connectivity index (χ2n) is 6.26. The maximum atomic E-state index is 11.8. The van der Waals surface area contributed by atoms with Gasteiger partial charge in [0.05, 0.1) is 4.92 Å². The van der Waals surface area contributed by atoms with Crippen LogP contribution in [0.1, 0.15) is 0 Å². The molecule has 0 atom stereocenters. The first-order valence-electron chi connectivity index (χ1n) is 8.64. The van der Waals surface area contributed by atoms with Gasteiger partial charge in [-0.3, -0.25) is 10.1 Å². The molecule has 27 heavy (non-hydrogen) atoms. The number of ether oxygens (including phenoxy) is 1. The standard InChI is InChI=1S/C15H24N6O5S/c1-2-9-26-14-12(21(22)23)13(19-7-10-27(24,25)11-8-19)17-15(18-14)20-5-3-16-4-6-20/h2,16,24-25H,1,3-11H2/p-1. The monoisotopic (exact) mass is 399 g/mol. The highest BCUT2D eigenvalue weighted by Crippen LogP contribution is 2.43. The Morgan fingerprint density at radius 3 is 2.52 bits per heavy atom. The molecule has 2 aliphatic rings. The minimum atomic E-state index is -2.88. The van der Waals surface area contributed by atoms with Crippen molar-refractivity contribution >= 4 is 28.0 Å². The van der Waals surface area contributed by atoms with Gasteiger partial charge in [-0.05, 0) is 0 Å². The molecule has 0 unspecified atom stereocenters. The number of rotatable bonds is 6. The zero-order chi connectivity index (χ0) is 19.4. The van der Waals surface area contributed by atoms with Crippen LogP contribution in [0, 0.1) is 10.1 Å². The van der Waals surface area contributed by atoms with E-state index in [0.717, 1.165) is 13.1 Å². The molecule has 2 N–H and O–H groups in total. The summed E-state index contributed by atoms with van der Waals surface area (Å²) in [7, 11) is -2.88. The molecule has 1 aromatic rings. The van der Waals surface area contributed by atoms with Crippen LogP contribution in [-0.2, 0) is 0 Å². The van der Waals surface area contributed by atoms with E-state index in [0.29, 0.717) is 19.0 Å². The number of aromatic nitrogens is 2. The predicted octanol–water partition coefficient (Wildman–Crippen LogP) is 0.587. The molecule has 0 amide bonds. The van der Waals surface area contributed by atoms with Crippen molar-refractivity contribution < 1.29 is 18.8 Å². The third-order valence-electron chi connectivity index (χ3n) is 4.40. The number of nitrogens with one attached hydrogen (secondary N) is 1. The lowest BCUT2D eigenvalue weighted by molar-refractivity contribution is -0.385. The first-order chi connectivity index (χ1) is 12.9. The van der Waals surface area contributed by atoms with E-state index in [1.807, 2.05) is 4.90 Å². The average Bonchev–Trinajstić information content (AvgIpc) is 2.66. The van der Waals surface area contributed by atoms with Gasteiger partial charge in [0, 0.05) is 50.8 Å². The molecule has 0 saturated carbocycles. The van der Waals surface area contributed by atoms with Gasteiger partial charge >= 0.3 is 11.6 Å². The second kappa shape index (κ2) is 8.25. The SMILES string of the molecule is C=CCOc1nc(N2CCNCC2)nc(N2CCS([O-])(O)CC2)c1[N+](=O)[O-]. The van der Waals surface area contributed by atoms with E-state index in [1.54, 1.807) is 4.90 Å². The molecule has 2 aliphatic heterocycles. The van der Waals surface area contributed by atoms with Crippen LogP contribution in [0.25, 0.3) is 0 Å². The van der Waals surface area contributed by atoms with Crippen LogP contribution in [0.2, 0.25) is 0 Å². The summed E-state index contributed by atoms with van der Waals surface area (Å²) in [6, 6.07) is 0. The molecular weight excluding hydrogens is 376 g/mol. The van der Waals surface area contributed by atoms with Gasteiger partial charge < -0.3 is 39.5 Å². The van der Waals surface area contributed by atoms with Gasteiger partial charge in [0.15, 0.2) is 0 Å². The Labute approximate surface area is 158 Å². The largest absolute Gasteiger partial charge is 0.768 e. The summed E-state index contributed by atoms with van der Waals surface area (Å²) < 4.78 is 27.0. The molecular formula is C15H23N6O5S-. The first kappa shape index (κ1) is 19.6. The van der Waals surface area contributed by atoms with Crippen LogP contribution in [-0.4, -0.2) is 81.4 Å². The van der Waals surface area contributed by atoms with Crippen molar-refractivity contribution in [3.8, 4) is 5.88 Å². The minimum absolute atomic E-state index is 0.0416. The lowest BCUT2D eigenvalue weighted by Gasteiger charge is -2.51. The molecule has 1 aromatic heterocycles. The summed E-state index contributed by atoms with van der Waals surface area (Å²) in [6.07, 6.45) is 1.48. The molecule has 2 fully saturated rings. The molecule has 0 spiro atoms. The van der Waals surface area contributed by atoms with Crippen molar-refractivity contribution in [3.05, 3.63) is 22.8 Å². The zero-order valence-electron chi connectivity index (χ0n) is 14.9. The predicted molar refractivity (Wildman–Crippen MR) is 102 cm³/mol. The highest BCUT2D eigenvalue weighted by atomic mass is 32.3. The minimum Gasteiger partial charge on any atom is -0.768 e. The highest BCUT2D eigenvalue weighted by Gasteiger charge is 2.33. The van der Waals surface area contributed by atoms with Crippen molar-refractivity contribution in [1.29, 1.82) is 0 Å². The fourth-order valence-electron chi connectivity index (χ4n) is 2.97. The molecule has 3 heterocycles. The smallest absolute Gasteiger partial charge is 0.373 e. The maximum Gasteiger partial charge on any atom is 0.373 e. The molecule has 0 bridgehead atoms. The van der Waals surface area contributed by atoms with Crippen LogP contribution in [0.4, 0.5) is 17.5 Å². The van der Waals surface area contributed by atoms with E-state index in [-0.39, 0.29) is 48.6 Å². The topological polar surface area (TPSA) is 140 Å². The van der Waals surface area contributed by atoms with Crippen LogP contribution < -0.4 is 19.9 Å². The van der Waals surface area contributed by atoms with E-state index >= 15 is 0 Å². The second-order valence-corrected chi connectivity index (χ2v) is 8.62. The lowest BCUT2D eigenvalue weighted by atomic mass is 10.3. The van der Waals surface area contributed by atoms with Gasteiger partial charge in [-0.2, -0.15) is 9.97 Å². The number of piperazine rings is 1. The van der Waals surface area contributed by atoms with E-state index in [1.165, 1.54) is 6.08 Å². The molecule has 150 valence electrons. The van der Waals surface area contributed by atoms with Crippen molar-refractivity contribution in [2.24, 2.45) is 0 Å². The van der Waals surface area contributed by atoms with Crippen LogP contribution in [0.5, 0.6) is 5.88 Å². The van der Waals surface area contributed by atoms with Crippen LogP contribution >= 0.6 is 10.6 Å². The summed E-state index contributed by atoms with van der Waals surface area (Å²) in [6.45, 7) is 6.90. The van der Waals surface area contributed by atoms with Gasteiger partial charge in [-0.25, -0.2) is 0 Å². The summed E-state index contributed by atoms with van der Waals surface area (Å²) in [4.78, 5) is 23.5. The zero-order valence-corrected chi connectivity index (χ0v) is 15.7. The van der Waals surface area contributed by atoms with E-state index in [2.05, 4.69) is 21.9 Å². The van der Waals surface area contributed by atoms with E-state index in [4.69, 9.17) is 4.74 Å². The molecule has 0 aromatic carbocycles. The lowest BCUT2D eigenvalue weighted by Crippen LogP contribution is -2.45. The Morgan fingerprint density at radius 2 is 1.93 bits per heavy atom. The van der Waals surface area contributed by atoms with Crippen molar-refractivity contribution in [3.63, 3.8) is 0 Å². The van der Waals surface area contributed by atoms with Crippen molar-refractivity contribution in [1.82, 2.24) is 15.3 Å². The van der Waals surface area contributed by atoms with E-state index < -0.39 is 15.5 Å². The summed E-state index contributed by atoms with van der Waals surface area (Å²) in [5.41, 5.74) is -0.331. The fraction of sp³-hybridized carbons (Fsp3) is 0.600. The fourth-order valence-corrected chi connectivity index (χ4v) is 4.18. The Balaban J connectivity index is 2.01. The Bertz CT molecular complexity index is 702. The highest BCUT2D eigenvalue weighted by molar-refractivity contribution is 8.24. The Hall–Kier alpha value is -2.15. The third-order valence-corrected chi connectivity index (χ3v) is 6.04. The molecule has 3 rings (SSSR count). The normalized spacial score (nSPS) is 20.8. The number of nitrogens with zero attached hydrogens (tertiary/aromatic N) is 5. The summed E-state index contributed by atoms with van der Waals surface area (Å²) in [5.74, 6) is 0.442. The molecule has 0 radical (unpaired) electrons.